The molecule has 3 heterocycles. The molecule has 28 heavy (non-hydrogen) atoms. The van der Waals surface area contributed by atoms with Crippen LogP contribution >= 0.6 is 0 Å². The van der Waals surface area contributed by atoms with Gasteiger partial charge in [-0.05, 0) is 24.5 Å². The Morgan fingerprint density at radius 3 is 2.32 bits per heavy atom. The van der Waals surface area contributed by atoms with Gasteiger partial charge in [0.15, 0.2) is 0 Å². The van der Waals surface area contributed by atoms with Gasteiger partial charge in [0, 0.05) is 45.5 Å². The van der Waals surface area contributed by atoms with Crippen molar-refractivity contribution < 1.29 is 14.0 Å². The molecule has 0 saturated carbocycles. The average molecular weight is 386 g/mol. The van der Waals surface area contributed by atoms with Gasteiger partial charge in [-0.15, -0.1) is 0 Å². The van der Waals surface area contributed by atoms with Gasteiger partial charge in [0.25, 0.3) is 5.91 Å². The number of carbonyl (C=O) groups is 2. The number of nitrogens with zero attached hydrogens (tertiary/aromatic N) is 4. The van der Waals surface area contributed by atoms with Gasteiger partial charge in [0.1, 0.15) is 11.5 Å². The Kier molecular flexibility index (Phi) is 4.56. The maximum atomic E-state index is 13.9. The lowest BCUT2D eigenvalue weighted by Gasteiger charge is -2.41. The predicted octanol–water partition coefficient (Wildman–Crippen LogP) is 0.921. The molecule has 1 aromatic carbocycles. The highest BCUT2D eigenvalue weighted by molar-refractivity contribution is 5.93. The Hall–Kier alpha value is -2.90. The summed E-state index contributed by atoms with van der Waals surface area (Å²) >= 11 is 0. The summed E-state index contributed by atoms with van der Waals surface area (Å²) in [6.07, 6.45) is 3.22. The summed E-state index contributed by atoms with van der Waals surface area (Å²) in [5.41, 5.74) is 0.493. The van der Waals surface area contributed by atoms with Crippen molar-refractivity contribution in [3.63, 3.8) is 0 Å². The number of carbonyl (C=O) groups excluding carboxylic acids is 2. The molecule has 7 nitrogen and oxygen atoms in total. The lowest BCUT2D eigenvalue weighted by Crippen LogP contribution is -2.57. The van der Waals surface area contributed by atoms with Crippen LogP contribution < -0.4 is 5.69 Å². The third kappa shape index (κ3) is 3.02. The number of rotatable bonds is 3. The molecular formula is C20H23FN4O3. The highest BCUT2D eigenvalue weighted by Crippen LogP contribution is 2.31. The molecule has 8 heteroatoms. The van der Waals surface area contributed by atoms with E-state index < -0.39 is 0 Å². The quantitative estimate of drug-likeness (QED) is 0.788. The molecule has 2 saturated heterocycles. The third-order valence-electron chi connectivity index (χ3n) is 5.84. The van der Waals surface area contributed by atoms with E-state index in [0.29, 0.717) is 24.3 Å². The second-order valence-corrected chi connectivity index (χ2v) is 7.63. The number of imidazole rings is 1. The van der Waals surface area contributed by atoms with Crippen LogP contribution in [0.15, 0.2) is 35.3 Å². The molecule has 2 aromatic rings. The van der Waals surface area contributed by atoms with Gasteiger partial charge in [0.05, 0.1) is 6.42 Å². The van der Waals surface area contributed by atoms with Crippen LogP contribution in [0.4, 0.5) is 4.39 Å². The Morgan fingerprint density at radius 2 is 1.75 bits per heavy atom. The number of aromatic nitrogens is 2. The molecule has 2 fully saturated rings. The fourth-order valence-corrected chi connectivity index (χ4v) is 4.40. The van der Waals surface area contributed by atoms with Crippen molar-refractivity contribution in [2.45, 2.75) is 31.3 Å². The third-order valence-corrected chi connectivity index (χ3v) is 5.84. The molecule has 4 rings (SSSR count). The van der Waals surface area contributed by atoms with E-state index in [2.05, 4.69) is 0 Å². The van der Waals surface area contributed by atoms with Gasteiger partial charge in [-0.25, -0.2) is 9.18 Å². The van der Waals surface area contributed by atoms with Gasteiger partial charge < -0.3 is 14.4 Å². The largest absolute Gasteiger partial charge is 0.333 e. The van der Waals surface area contributed by atoms with E-state index in [9.17, 15) is 18.8 Å². The smallest absolute Gasteiger partial charge is 0.328 e. The number of halogens is 1. The summed E-state index contributed by atoms with van der Waals surface area (Å²) in [6, 6.07) is 6.18. The van der Waals surface area contributed by atoms with E-state index in [4.69, 9.17) is 0 Å². The first kappa shape index (κ1) is 18.5. The SMILES string of the molecule is Cn1cc(C(=O)N2CC3CCC(C2)N3C(=O)Cc2ccccc2F)n(C)c1=O. The monoisotopic (exact) mass is 386 g/mol. The minimum absolute atomic E-state index is 0.0286. The van der Waals surface area contributed by atoms with Crippen molar-refractivity contribution in [2.75, 3.05) is 13.1 Å². The summed E-state index contributed by atoms with van der Waals surface area (Å²) in [7, 11) is 3.19. The van der Waals surface area contributed by atoms with E-state index >= 15 is 0 Å². The number of amides is 2. The molecule has 2 unspecified atom stereocenters. The Balaban J connectivity index is 1.49. The zero-order valence-electron chi connectivity index (χ0n) is 16.0. The van der Waals surface area contributed by atoms with Crippen LogP contribution in [-0.4, -0.2) is 55.9 Å². The van der Waals surface area contributed by atoms with Crippen LogP contribution in [-0.2, 0) is 25.3 Å². The van der Waals surface area contributed by atoms with E-state index in [1.807, 2.05) is 4.90 Å². The molecule has 2 bridgehead atoms. The number of fused-ring (bicyclic) bond motifs is 2. The average Bonchev–Trinajstić information content (AvgIpc) is 3.09. The van der Waals surface area contributed by atoms with Gasteiger partial charge >= 0.3 is 5.69 Å². The summed E-state index contributed by atoms with van der Waals surface area (Å²) in [5, 5.41) is 0. The van der Waals surface area contributed by atoms with Crippen molar-refractivity contribution in [2.24, 2.45) is 14.1 Å². The molecule has 2 atom stereocenters. The fourth-order valence-electron chi connectivity index (χ4n) is 4.40. The lowest BCUT2D eigenvalue weighted by atomic mass is 10.1. The van der Waals surface area contributed by atoms with Gasteiger partial charge in [-0.3, -0.25) is 14.2 Å². The normalized spacial score (nSPS) is 21.2. The Morgan fingerprint density at radius 1 is 1.11 bits per heavy atom. The zero-order valence-corrected chi connectivity index (χ0v) is 16.0. The first-order valence-corrected chi connectivity index (χ1v) is 9.43. The summed E-state index contributed by atoms with van der Waals surface area (Å²) in [6.45, 7) is 0.864. The molecule has 1 aromatic heterocycles. The predicted molar refractivity (Wildman–Crippen MR) is 100 cm³/mol. The molecule has 0 radical (unpaired) electrons. The molecule has 0 N–H and O–H groups in total. The highest BCUT2D eigenvalue weighted by atomic mass is 19.1. The minimum atomic E-state index is -0.373. The topological polar surface area (TPSA) is 67.6 Å². The number of benzene rings is 1. The van der Waals surface area contributed by atoms with Gasteiger partial charge in [0.2, 0.25) is 5.91 Å². The molecule has 0 aliphatic carbocycles. The van der Waals surface area contributed by atoms with Crippen LogP contribution in [0.1, 0.15) is 28.9 Å². The van der Waals surface area contributed by atoms with Crippen LogP contribution in [0.25, 0.3) is 0 Å². The van der Waals surface area contributed by atoms with E-state index in [1.165, 1.54) is 15.2 Å². The summed E-state index contributed by atoms with van der Waals surface area (Å²) < 4.78 is 16.6. The van der Waals surface area contributed by atoms with E-state index in [-0.39, 0.29) is 41.8 Å². The van der Waals surface area contributed by atoms with Crippen molar-refractivity contribution in [1.82, 2.24) is 18.9 Å². The molecule has 2 amide bonds. The zero-order chi connectivity index (χ0) is 20.0. The van der Waals surface area contributed by atoms with Crippen LogP contribution in [0.3, 0.4) is 0 Å². The van der Waals surface area contributed by atoms with Crippen LogP contribution in [0, 0.1) is 5.82 Å². The summed E-state index contributed by atoms with van der Waals surface area (Å²) in [4.78, 5) is 41.2. The number of aryl methyl sites for hydroxylation is 1. The fraction of sp³-hybridized carbons (Fsp3) is 0.450. The van der Waals surface area contributed by atoms with Crippen molar-refractivity contribution in [3.05, 3.63) is 58.0 Å². The van der Waals surface area contributed by atoms with Crippen molar-refractivity contribution in [1.29, 1.82) is 0 Å². The van der Waals surface area contributed by atoms with Gasteiger partial charge in [-0.2, -0.15) is 0 Å². The maximum absolute atomic E-state index is 13.9. The van der Waals surface area contributed by atoms with Crippen LogP contribution in [0.5, 0.6) is 0 Å². The molecule has 2 aliphatic rings. The van der Waals surface area contributed by atoms with Crippen LogP contribution in [0.2, 0.25) is 0 Å². The number of hydrogen-bond donors (Lipinski definition) is 0. The standard InChI is InChI=1S/C20H23FN4O3/c1-22-12-17(23(2)20(22)28)19(27)24-10-14-7-8-15(11-24)25(14)18(26)9-13-5-3-4-6-16(13)21/h3-6,12,14-15H,7-11H2,1-2H3. The Labute approximate surface area is 162 Å². The maximum Gasteiger partial charge on any atom is 0.328 e. The van der Waals surface area contributed by atoms with Gasteiger partial charge in [-0.1, -0.05) is 18.2 Å². The Bertz CT molecular complexity index is 982. The number of hydrogen-bond acceptors (Lipinski definition) is 3. The highest BCUT2D eigenvalue weighted by Gasteiger charge is 2.44. The first-order valence-electron chi connectivity index (χ1n) is 9.43. The summed E-state index contributed by atoms with van der Waals surface area (Å²) in [5.74, 6) is -0.669. The lowest BCUT2D eigenvalue weighted by molar-refractivity contribution is -0.135. The second kappa shape index (κ2) is 6.92. The first-order chi connectivity index (χ1) is 13.4. The van der Waals surface area contributed by atoms with Crippen molar-refractivity contribution in [3.8, 4) is 0 Å². The van der Waals surface area contributed by atoms with E-state index in [0.717, 1.165) is 12.8 Å². The molecule has 2 aliphatic heterocycles. The molecule has 148 valence electrons. The molecular weight excluding hydrogens is 363 g/mol. The number of likely N-dealkylation sites (tertiary alicyclic amines) is 1. The molecule has 0 spiro atoms. The van der Waals surface area contributed by atoms with Crippen molar-refractivity contribution >= 4 is 11.8 Å². The van der Waals surface area contributed by atoms with E-state index in [1.54, 1.807) is 43.4 Å². The second-order valence-electron chi connectivity index (χ2n) is 7.63. The number of piperazine rings is 1. The minimum Gasteiger partial charge on any atom is -0.333 e.